The van der Waals surface area contributed by atoms with Gasteiger partial charge < -0.3 is 14.2 Å². The lowest BCUT2D eigenvalue weighted by Crippen LogP contribution is -2.53. The number of carboxylic acids is 1. The maximum absolute atomic E-state index is 12.5. The molecule has 1 aliphatic rings. The molecule has 0 radical (unpaired) electrons. The molecule has 1 fully saturated rings. The number of ether oxygens (including phenoxy) is 1. The largest absolute Gasteiger partial charge is 0.480 e. The van der Waals surface area contributed by atoms with Crippen LogP contribution in [0.3, 0.4) is 0 Å². The molecule has 1 N–H and O–H groups in total. The third-order valence-corrected chi connectivity index (χ3v) is 4.35. The van der Waals surface area contributed by atoms with Crippen molar-refractivity contribution in [2.45, 2.75) is 51.2 Å². The van der Waals surface area contributed by atoms with Crippen LogP contribution in [0.2, 0.25) is 0 Å². The van der Waals surface area contributed by atoms with Crippen LogP contribution < -0.4 is 0 Å². The van der Waals surface area contributed by atoms with Gasteiger partial charge in [-0.05, 0) is 45.2 Å². The van der Waals surface area contributed by atoms with Crippen molar-refractivity contribution in [2.24, 2.45) is 0 Å². The van der Waals surface area contributed by atoms with Gasteiger partial charge in [-0.1, -0.05) is 6.07 Å². The number of fused-ring (bicyclic) bond motifs is 1. The Bertz CT molecular complexity index is 793. The van der Waals surface area contributed by atoms with E-state index in [0.29, 0.717) is 13.0 Å². The van der Waals surface area contributed by atoms with Crippen LogP contribution >= 0.6 is 0 Å². The third-order valence-electron chi connectivity index (χ3n) is 4.35. The second-order valence-corrected chi connectivity index (χ2v) is 7.36. The summed E-state index contributed by atoms with van der Waals surface area (Å²) in [5, 5.41) is 9.79. The molecule has 2 atom stereocenters. The summed E-state index contributed by atoms with van der Waals surface area (Å²) >= 11 is 0. The highest BCUT2D eigenvalue weighted by molar-refractivity contribution is 5.81. The minimum absolute atomic E-state index is 0.287. The van der Waals surface area contributed by atoms with E-state index < -0.39 is 23.7 Å². The number of amides is 1. The number of hydrogen-bond donors (Lipinski definition) is 1. The Morgan fingerprint density at radius 1 is 1.32 bits per heavy atom. The molecule has 0 spiro atoms. The highest BCUT2D eigenvalue weighted by Gasteiger charge is 2.41. The Hall–Kier alpha value is -2.57. The van der Waals surface area contributed by atoms with Crippen molar-refractivity contribution in [1.82, 2.24) is 14.3 Å². The minimum atomic E-state index is -1.01. The van der Waals surface area contributed by atoms with Gasteiger partial charge in [0.15, 0.2) is 0 Å². The Kier molecular flexibility index (Phi) is 4.41. The van der Waals surface area contributed by atoms with Crippen LogP contribution in [0.1, 0.15) is 45.1 Å². The minimum Gasteiger partial charge on any atom is -0.480 e. The van der Waals surface area contributed by atoms with Crippen LogP contribution in [-0.2, 0) is 9.53 Å². The van der Waals surface area contributed by atoms with Gasteiger partial charge in [0.25, 0.3) is 0 Å². The number of carbonyl (C=O) groups excluding carboxylic acids is 1. The van der Waals surface area contributed by atoms with Gasteiger partial charge in [0.05, 0.1) is 0 Å². The highest BCUT2D eigenvalue weighted by atomic mass is 16.6. The van der Waals surface area contributed by atoms with Gasteiger partial charge in [0, 0.05) is 31.1 Å². The van der Waals surface area contributed by atoms with E-state index in [4.69, 9.17) is 4.74 Å². The van der Waals surface area contributed by atoms with Gasteiger partial charge >= 0.3 is 12.1 Å². The summed E-state index contributed by atoms with van der Waals surface area (Å²) in [7, 11) is 0. The first-order valence-corrected chi connectivity index (χ1v) is 8.41. The molecule has 1 amide bonds. The first-order valence-electron chi connectivity index (χ1n) is 8.41. The number of hydrogen-bond acceptors (Lipinski definition) is 4. The maximum atomic E-state index is 12.5. The van der Waals surface area contributed by atoms with Gasteiger partial charge in [0.1, 0.15) is 17.3 Å². The third kappa shape index (κ3) is 3.60. The second kappa shape index (κ2) is 6.38. The summed E-state index contributed by atoms with van der Waals surface area (Å²) < 4.78 is 7.27. The Labute approximate surface area is 146 Å². The lowest BCUT2D eigenvalue weighted by molar-refractivity contribution is -0.145. The van der Waals surface area contributed by atoms with E-state index in [1.165, 1.54) is 4.90 Å². The SMILES string of the molecule is CC(C)(C)OC(=O)N1CCCC(c2ccc3nccn3c2)C1C(=O)O. The van der Waals surface area contributed by atoms with Gasteiger partial charge in [-0.2, -0.15) is 0 Å². The molecule has 3 rings (SSSR count). The van der Waals surface area contributed by atoms with Crippen molar-refractivity contribution < 1.29 is 19.4 Å². The number of likely N-dealkylation sites (tertiary alicyclic amines) is 1. The number of piperidine rings is 1. The molecule has 0 bridgehead atoms. The first-order chi connectivity index (χ1) is 11.8. The van der Waals surface area contributed by atoms with Crippen LogP contribution in [0.5, 0.6) is 0 Å². The summed E-state index contributed by atoms with van der Waals surface area (Å²) in [6, 6.07) is 2.81. The number of aromatic nitrogens is 2. The van der Waals surface area contributed by atoms with E-state index in [-0.39, 0.29) is 5.92 Å². The number of imidazole rings is 1. The average Bonchev–Trinajstić information content (AvgIpc) is 2.99. The summed E-state index contributed by atoms with van der Waals surface area (Å²) in [4.78, 5) is 30.0. The fourth-order valence-electron chi connectivity index (χ4n) is 3.33. The Morgan fingerprint density at radius 2 is 2.08 bits per heavy atom. The van der Waals surface area contributed by atoms with Gasteiger partial charge in [-0.3, -0.25) is 4.90 Å². The molecule has 0 saturated carbocycles. The van der Waals surface area contributed by atoms with E-state index in [1.54, 1.807) is 27.0 Å². The van der Waals surface area contributed by atoms with Gasteiger partial charge in [-0.25, -0.2) is 14.6 Å². The van der Waals surface area contributed by atoms with Crippen LogP contribution in [-0.4, -0.2) is 49.6 Å². The van der Waals surface area contributed by atoms with Crippen LogP contribution in [0.15, 0.2) is 30.7 Å². The van der Waals surface area contributed by atoms with Crippen molar-refractivity contribution in [3.8, 4) is 0 Å². The van der Waals surface area contributed by atoms with Crippen molar-refractivity contribution in [3.05, 3.63) is 36.3 Å². The summed E-state index contributed by atoms with van der Waals surface area (Å²) in [5.41, 5.74) is 1.02. The predicted octanol–water partition coefficient (Wildman–Crippen LogP) is 2.90. The lowest BCUT2D eigenvalue weighted by atomic mass is 9.84. The number of nitrogens with zero attached hydrogens (tertiary/aromatic N) is 3. The van der Waals surface area contributed by atoms with Crippen LogP contribution in [0.4, 0.5) is 4.79 Å². The van der Waals surface area contributed by atoms with Gasteiger partial charge in [-0.15, -0.1) is 0 Å². The monoisotopic (exact) mass is 345 g/mol. The van der Waals surface area contributed by atoms with E-state index in [2.05, 4.69) is 4.98 Å². The Balaban J connectivity index is 1.92. The van der Waals surface area contributed by atoms with Crippen molar-refractivity contribution in [3.63, 3.8) is 0 Å². The quantitative estimate of drug-likeness (QED) is 0.905. The molecule has 0 aromatic carbocycles. The van der Waals surface area contributed by atoms with E-state index in [1.807, 2.05) is 28.9 Å². The van der Waals surface area contributed by atoms with Crippen molar-refractivity contribution >= 4 is 17.7 Å². The molecular formula is C18H23N3O4. The average molecular weight is 345 g/mol. The number of carbonyl (C=O) groups is 2. The number of rotatable bonds is 2. The van der Waals surface area contributed by atoms with Crippen LogP contribution in [0, 0.1) is 0 Å². The molecule has 0 aliphatic carbocycles. The molecule has 2 aromatic heterocycles. The zero-order chi connectivity index (χ0) is 18.2. The standard InChI is InChI=1S/C18H23N3O4/c1-18(2,3)25-17(24)21-9-4-5-13(15(21)16(22)23)12-6-7-14-19-8-10-20(14)11-12/h6-8,10-11,13,15H,4-5,9H2,1-3H3,(H,22,23). The lowest BCUT2D eigenvalue weighted by Gasteiger charge is -2.39. The normalized spacial score (nSPS) is 21.3. The summed E-state index contributed by atoms with van der Waals surface area (Å²) in [6.45, 7) is 5.70. The second-order valence-electron chi connectivity index (χ2n) is 7.36. The van der Waals surface area contributed by atoms with E-state index in [9.17, 15) is 14.7 Å². The van der Waals surface area contributed by atoms with Crippen LogP contribution in [0.25, 0.3) is 5.65 Å². The number of pyridine rings is 1. The smallest absolute Gasteiger partial charge is 0.411 e. The number of aliphatic carboxylic acids is 1. The topological polar surface area (TPSA) is 84.1 Å². The maximum Gasteiger partial charge on any atom is 0.411 e. The molecular weight excluding hydrogens is 322 g/mol. The predicted molar refractivity (Wildman–Crippen MR) is 91.5 cm³/mol. The summed E-state index contributed by atoms with van der Waals surface area (Å²) in [5.74, 6) is -1.30. The zero-order valence-electron chi connectivity index (χ0n) is 14.7. The molecule has 1 saturated heterocycles. The summed E-state index contributed by atoms with van der Waals surface area (Å²) in [6.07, 6.45) is 6.27. The van der Waals surface area contributed by atoms with E-state index in [0.717, 1.165) is 17.6 Å². The van der Waals surface area contributed by atoms with Gasteiger partial charge in [0.2, 0.25) is 0 Å². The molecule has 3 heterocycles. The first kappa shape index (κ1) is 17.3. The molecule has 25 heavy (non-hydrogen) atoms. The molecule has 2 unspecified atom stereocenters. The zero-order valence-corrected chi connectivity index (χ0v) is 14.7. The Morgan fingerprint density at radius 3 is 2.76 bits per heavy atom. The van der Waals surface area contributed by atoms with E-state index >= 15 is 0 Å². The fourth-order valence-corrected chi connectivity index (χ4v) is 3.33. The molecule has 7 nitrogen and oxygen atoms in total. The molecule has 7 heteroatoms. The number of carboxylic acid groups (broad SMARTS) is 1. The molecule has 1 aliphatic heterocycles. The fraction of sp³-hybridized carbons (Fsp3) is 0.500. The van der Waals surface area contributed by atoms with Crippen molar-refractivity contribution in [1.29, 1.82) is 0 Å². The van der Waals surface area contributed by atoms with Crippen molar-refractivity contribution in [2.75, 3.05) is 6.54 Å². The molecule has 134 valence electrons. The molecule has 2 aromatic rings. The highest BCUT2D eigenvalue weighted by Crippen LogP contribution is 2.34.